The monoisotopic (exact) mass is 244 g/mol. The third-order valence-corrected chi connectivity index (χ3v) is 2.70. The number of halogens is 1. The Hall–Kier alpha value is -0.510. The topological polar surface area (TPSA) is 24.9 Å². The van der Waals surface area contributed by atoms with E-state index in [-0.39, 0.29) is 12.4 Å². The molecule has 0 fully saturated rings. The van der Waals surface area contributed by atoms with Gasteiger partial charge in [0.25, 0.3) is 0 Å². The maximum Gasteiger partial charge on any atom is 0.0271 e. The first kappa shape index (κ1) is 14.5. The van der Waals surface area contributed by atoms with Crippen LogP contribution in [0.1, 0.15) is 5.56 Å². The van der Waals surface area contributed by atoms with Crippen LogP contribution in [0.3, 0.4) is 0 Å². The van der Waals surface area contributed by atoms with Crippen molar-refractivity contribution in [3.05, 3.63) is 42.7 Å². The van der Waals surface area contributed by atoms with Gasteiger partial charge in [-0.05, 0) is 17.7 Å². The molecule has 0 spiro atoms. The molecule has 0 bridgehead atoms. The third-order valence-electron chi connectivity index (χ3n) is 1.74. The van der Waals surface area contributed by atoms with Crippen molar-refractivity contribution in [2.45, 2.75) is 6.54 Å². The number of hydrogen-bond acceptors (Lipinski definition) is 3. The summed E-state index contributed by atoms with van der Waals surface area (Å²) in [7, 11) is 0. The highest BCUT2D eigenvalue weighted by atomic mass is 35.5. The van der Waals surface area contributed by atoms with E-state index < -0.39 is 0 Å². The van der Waals surface area contributed by atoms with Crippen LogP contribution in [0.25, 0.3) is 0 Å². The van der Waals surface area contributed by atoms with Gasteiger partial charge in [-0.3, -0.25) is 4.98 Å². The van der Waals surface area contributed by atoms with Crippen molar-refractivity contribution in [1.82, 2.24) is 10.3 Å². The van der Waals surface area contributed by atoms with Gasteiger partial charge in [-0.2, -0.15) is 11.8 Å². The zero-order valence-electron chi connectivity index (χ0n) is 8.69. The van der Waals surface area contributed by atoms with Crippen molar-refractivity contribution >= 4 is 24.2 Å². The minimum Gasteiger partial charge on any atom is -0.312 e. The largest absolute Gasteiger partial charge is 0.312 e. The number of thioether (sulfide) groups is 1. The van der Waals surface area contributed by atoms with Gasteiger partial charge in [0.05, 0.1) is 0 Å². The molecular weight excluding hydrogens is 228 g/mol. The Morgan fingerprint density at radius 3 is 2.80 bits per heavy atom. The van der Waals surface area contributed by atoms with E-state index in [0.29, 0.717) is 0 Å². The zero-order valence-corrected chi connectivity index (χ0v) is 10.3. The highest BCUT2D eigenvalue weighted by Gasteiger charge is 1.90. The van der Waals surface area contributed by atoms with E-state index in [1.54, 1.807) is 0 Å². The van der Waals surface area contributed by atoms with Gasteiger partial charge in [-0.15, -0.1) is 19.0 Å². The lowest BCUT2D eigenvalue weighted by atomic mass is 10.3. The highest BCUT2D eigenvalue weighted by molar-refractivity contribution is 7.99. The van der Waals surface area contributed by atoms with Crippen LogP contribution in [0.2, 0.25) is 0 Å². The maximum absolute atomic E-state index is 3.97. The molecule has 0 aliphatic carbocycles. The van der Waals surface area contributed by atoms with Crippen molar-refractivity contribution in [3.63, 3.8) is 0 Å². The first-order chi connectivity index (χ1) is 6.93. The van der Waals surface area contributed by atoms with Crippen LogP contribution in [0, 0.1) is 0 Å². The Morgan fingerprint density at radius 1 is 1.40 bits per heavy atom. The van der Waals surface area contributed by atoms with Gasteiger partial charge < -0.3 is 5.32 Å². The molecule has 0 atom stereocenters. The molecule has 2 nitrogen and oxygen atoms in total. The molecule has 0 unspecified atom stereocenters. The average Bonchev–Trinajstić information content (AvgIpc) is 2.25. The smallest absolute Gasteiger partial charge is 0.0271 e. The Labute approximate surface area is 102 Å². The minimum absolute atomic E-state index is 0. The molecule has 0 aromatic carbocycles. The molecule has 0 saturated carbocycles. The summed E-state index contributed by atoms with van der Waals surface area (Å²) in [4.78, 5) is 3.97. The number of nitrogens with one attached hydrogen (secondary N) is 1. The summed E-state index contributed by atoms with van der Waals surface area (Å²) in [5, 5.41) is 3.38. The average molecular weight is 245 g/mol. The van der Waals surface area contributed by atoms with Crippen molar-refractivity contribution in [1.29, 1.82) is 0 Å². The Kier molecular flexibility index (Phi) is 9.68. The van der Waals surface area contributed by atoms with Gasteiger partial charge in [0.2, 0.25) is 0 Å². The predicted molar refractivity (Wildman–Crippen MR) is 70.7 cm³/mol. The van der Waals surface area contributed by atoms with Crippen LogP contribution in [0.4, 0.5) is 0 Å². The molecule has 1 heterocycles. The summed E-state index contributed by atoms with van der Waals surface area (Å²) in [6, 6.07) is 4.06. The molecular formula is C11H17ClN2S. The number of pyridine rings is 1. The van der Waals surface area contributed by atoms with Gasteiger partial charge in [0.1, 0.15) is 0 Å². The second-order valence-corrected chi connectivity index (χ2v) is 4.05. The fraction of sp³-hybridized carbons (Fsp3) is 0.364. The summed E-state index contributed by atoms with van der Waals surface area (Å²) in [5.41, 5.74) is 1.29. The van der Waals surface area contributed by atoms with Crippen LogP contribution in [-0.2, 0) is 6.54 Å². The lowest BCUT2D eigenvalue weighted by molar-refractivity contribution is 0.731. The normalized spacial score (nSPS) is 9.33. The van der Waals surface area contributed by atoms with Crippen LogP contribution < -0.4 is 5.32 Å². The van der Waals surface area contributed by atoms with E-state index in [9.17, 15) is 0 Å². The van der Waals surface area contributed by atoms with Crippen molar-refractivity contribution in [2.75, 3.05) is 18.1 Å². The van der Waals surface area contributed by atoms with Crippen molar-refractivity contribution < 1.29 is 0 Å². The molecule has 1 rings (SSSR count). The SMILES string of the molecule is C=CCSCCNCc1ccncc1.Cl. The van der Waals surface area contributed by atoms with Crippen molar-refractivity contribution in [3.8, 4) is 0 Å². The molecule has 0 radical (unpaired) electrons. The molecule has 1 N–H and O–H groups in total. The van der Waals surface area contributed by atoms with E-state index >= 15 is 0 Å². The van der Waals surface area contributed by atoms with Crippen LogP contribution in [0.5, 0.6) is 0 Å². The molecule has 84 valence electrons. The lowest BCUT2D eigenvalue weighted by Crippen LogP contribution is -2.16. The molecule has 0 saturated heterocycles. The van der Waals surface area contributed by atoms with E-state index in [4.69, 9.17) is 0 Å². The van der Waals surface area contributed by atoms with Gasteiger partial charge in [-0.25, -0.2) is 0 Å². The molecule has 1 aromatic heterocycles. The summed E-state index contributed by atoms with van der Waals surface area (Å²) < 4.78 is 0. The summed E-state index contributed by atoms with van der Waals surface area (Å²) in [6.45, 7) is 5.65. The predicted octanol–water partition coefficient (Wildman–Crippen LogP) is 2.51. The van der Waals surface area contributed by atoms with E-state index in [1.807, 2.05) is 42.4 Å². The Morgan fingerprint density at radius 2 is 2.13 bits per heavy atom. The van der Waals surface area contributed by atoms with E-state index in [2.05, 4.69) is 16.9 Å². The van der Waals surface area contributed by atoms with E-state index in [1.165, 1.54) is 5.56 Å². The van der Waals surface area contributed by atoms with Gasteiger partial charge >= 0.3 is 0 Å². The molecule has 4 heteroatoms. The second kappa shape index (κ2) is 10.0. The standard InChI is InChI=1S/C11H16N2S.ClH/c1-2-8-14-9-7-13-10-11-3-5-12-6-4-11;/h2-6,13H,1,7-10H2;1H. The molecule has 0 aliphatic rings. The third kappa shape index (κ3) is 7.42. The Balaban J connectivity index is 0.00000196. The number of rotatable bonds is 7. The van der Waals surface area contributed by atoms with Gasteiger partial charge in [0, 0.05) is 37.0 Å². The quantitative estimate of drug-likeness (QED) is 0.589. The fourth-order valence-electron chi connectivity index (χ4n) is 1.04. The summed E-state index contributed by atoms with van der Waals surface area (Å²) in [6.07, 6.45) is 5.58. The van der Waals surface area contributed by atoms with Crippen LogP contribution >= 0.6 is 24.2 Å². The highest BCUT2D eigenvalue weighted by Crippen LogP contribution is 1.98. The number of nitrogens with zero attached hydrogens (tertiary/aromatic N) is 1. The van der Waals surface area contributed by atoms with E-state index in [0.717, 1.165) is 24.6 Å². The Bertz CT molecular complexity index is 254. The summed E-state index contributed by atoms with van der Waals surface area (Å²) >= 11 is 1.90. The number of aromatic nitrogens is 1. The van der Waals surface area contributed by atoms with Crippen LogP contribution in [0.15, 0.2) is 37.2 Å². The van der Waals surface area contributed by atoms with Crippen LogP contribution in [-0.4, -0.2) is 23.0 Å². The maximum atomic E-state index is 3.97. The zero-order chi connectivity index (χ0) is 10.1. The fourth-order valence-corrected chi connectivity index (χ4v) is 1.67. The minimum atomic E-state index is 0. The number of hydrogen-bond donors (Lipinski definition) is 1. The van der Waals surface area contributed by atoms with Gasteiger partial charge in [-0.1, -0.05) is 6.08 Å². The second-order valence-electron chi connectivity index (χ2n) is 2.90. The molecule has 0 aliphatic heterocycles. The summed E-state index contributed by atoms with van der Waals surface area (Å²) in [5.74, 6) is 2.17. The lowest BCUT2D eigenvalue weighted by Gasteiger charge is -2.03. The first-order valence-corrected chi connectivity index (χ1v) is 5.87. The first-order valence-electron chi connectivity index (χ1n) is 4.71. The van der Waals surface area contributed by atoms with Crippen molar-refractivity contribution in [2.24, 2.45) is 0 Å². The molecule has 0 amide bonds. The molecule has 15 heavy (non-hydrogen) atoms. The molecule has 1 aromatic rings. The van der Waals surface area contributed by atoms with Gasteiger partial charge in [0.15, 0.2) is 0 Å².